The smallest absolute Gasteiger partial charge is 0.336 e. The first-order chi connectivity index (χ1) is 7.15. The van der Waals surface area contributed by atoms with Crippen LogP contribution in [0.5, 0.6) is 0 Å². The van der Waals surface area contributed by atoms with Gasteiger partial charge in [0.2, 0.25) is 0 Å². The molecule has 0 aliphatic carbocycles. The van der Waals surface area contributed by atoms with Gasteiger partial charge in [-0.1, -0.05) is 0 Å². The van der Waals surface area contributed by atoms with Crippen molar-refractivity contribution in [1.82, 2.24) is 0 Å². The van der Waals surface area contributed by atoms with Crippen LogP contribution < -0.4 is 5.73 Å². The van der Waals surface area contributed by atoms with E-state index in [2.05, 4.69) is 0 Å². The van der Waals surface area contributed by atoms with E-state index >= 15 is 0 Å². The highest BCUT2D eigenvalue weighted by atomic mass is 32.2. The van der Waals surface area contributed by atoms with E-state index in [1.165, 1.54) is 17.8 Å². The Morgan fingerprint density at radius 1 is 1.60 bits per heavy atom. The first-order valence-corrected chi connectivity index (χ1v) is 5.38. The zero-order chi connectivity index (χ0) is 11.3. The summed E-state index contributed by atoms with van der Waals surface area (Å²) in [7, 11) is 1.61. The molecule has 5 heteroatoms. The molecule has 0 saturated heterocycles. The van der Waals surface area contributed by atoms with Gasteiger partial charge in [-0.3, -0.25) is 0 Å². The van der Waals surface area contributed by atoms with Crippen molar-refractivity contribution in [3.63, 3.8) is 0 Å². The standard InChI is InChI=1S/C10H13NO3S/c1-14-4-5-15-9-3-2-7(11)6-8(9)10(12)13/h2-3,6H,4-5,11H2,1H3,(H,12,13). The highest BCUT2D eigenvalue weighted by molar-refractivity contribution is 7.99. The molecule has 0 bridgehead atoms. The first kappa shape index (κ1) is 11.9. The van der Waals surface area contributed by atoms with Crippen molar-refractivity contribution < 1.29 is 14.6 Å². The number of carboxylic acid groups (broad SMARTS) is 1. The van der Waals surface area contributed by atoms with Crippen LogP contribution in [-0.4, -0.2) is 30.5 Å². The van der Waals surface area contributed by atoms with Gasteiger partial charge in [-0.25, -0.2) is 4.79 Å². The molecule has 3 N–H and O–H groups in total. The Kier molecular flexibility index (Phi) is 4.45. The maximum Gasteiger partial charge on any atom is 0.336 e. The number of rotatable bonds is 5. The molecule has 1 aromatic carbocycles. The maximum absolute atomic E-state index is 10.9. The first-order valence-electron chi connectivity index (χ1n) is 4.39. The van der Waals surface area contributed by atoms with Gasteiger partial charge in [0.05, 0.1) is 12.2 Å². The Bertz CT molecular complexity index is 355. The monoisotopic (exact) mass is 227 g/mol. The molecule has 0 heterocycles. The lowest BCUT2D eigenvalue weighted by Crippen LogP contribution is -2.01. The third-order valence-electron chi connectivity index (χ3n) is 1.78. The average molecular weight is 227 g/mol. The summed E-state index contributed by atoms with van der Waals surface area (Å²) in [6, 6.07) is 4.89. The van der Waals surface area contributed by atoms with Crippen molar-refractivity contribution in [1.29, 1.82) is 0 Å². The van der Waals surface area contributed by atoms with Gasteiger partial charge >= 0.3 is 5.97 Å². The molecule has 0 amide bonds. The molecule has 0 aliphatic rings. The summed E-state index contributed by atoms with van der Waals surface area (Å²) in [5, 5.41) is 8.95. The van der Waals surface area contributed by atoms with Crippen LogP contribution in [0.3, 0.4) is 0 Å². The Morgan fingerprint density at radius 3 is 2.93 bits per heavy atom. The molecule has 0 spiro atoms. The number of ether oxygens (including phenoxy) is 1. The van der Waals surface area contributed by atoms with E-state index in [0.29, 0.717) is 17.2 Å². The van der Waals surface area contributed by atoms with Crippen LogP contribution in [0.15, 0.2) is 23.1 Å². The number of aromatic carboxylic acids is 1. The molecule has 0 fully saturated rings. The van der Waals surface area contributed by atoms with Gasteiger partial charge in [0.15, 0.2) is 0 Å². The summed E-state index contributed by atoms with van der Waals surface area (Å²) in [4.78, 5) is 11.6. The van der Waals surface area contributed by atoms with E-state index in [1.807, 2.05) is 0 Å². The van der Waals surface area contributed by atoms with Crippen LogP contribution in [0.1, 0.15) is 10.4 Å². The van der Waals surface area contributed by atoms with Crippen molar-refractivity contribution >= 4 is 23.4 Å². The van der Waals surface area contributed by atoms with E-state index < -0.39 is 5.97 Å². The van der Waals surface area contributed by atoms with E-state index in [0.717, 1.165) is 5.75 Å². The molecule has 0 unspecified atom stereocenters. The zero-order valence-electron chi connectivity index (χ0n) is 8.40. The summed E-state index contributed by atoms with van der Waals surface area (Å²) >= 11 is 1.45. The number of benzene rings is 1. The number of anilines is 1. The van der Waals surface area contributed by atoms with Crippen molar-refractivity contribution in [2.45, 2.75) is 4.90 Å². The van der Waals surface area contributed by atoms with Gasteiger partial charge in [0, 0.05) is 23.4 Å². The largest absolute Gasteiger partial charge is 0.478 e. The number of thioether (sulfide) groups is 1. The van der Waals surface area contributed by atoms with E-state index in [1.54, 1.807) is 19.2 Å². The highest BCUT2D eigenvalue weighted by Gasteiger charge is 2.10. The van der Waals surface area contributed by atoms with E-state index in [-0.39, 0.29) is 5.56 Å². The zero-order valence-corrected chi connectivity index (χ0v) is 9.21. The van der Waals surface area contributed by atoms with Crippen molar-refractivity contribution in [3.8, 4) is 0 Å². The minimum Gasteiger partial charge on any atom is -0.478 e. The molecule has 15 heavy (non-hydrogen) atoms. The lowest BCUT2D eigenvalue weighted by molar-refractivity contribution is 0.0693. The number of hydrogen-bond donors (Lipinski definition) is 2. The Labute approximate surface area is 92.4 Å². The molecule has 0 aliphatic heterocycles. The molecule has 1 aromatic rings. The predicted octanol–water partition coefficient (Wildman–Crippen LogP) is 1.71. The SMILES string of the molecule is COCCSc1ccc(N)cc1C(=O)O. The summed E-state index contributed by atoms with van der Waals surface area (Å²) in [6.45, 7) is 0.591. The molecule has 0 atom stereocenters. The molecule has 0 saturated carbocycles. The number of carbonyl (C=O) groups is 1. The fourth-order valence-corrected chi connectivity index (χ4v) is 2.01. The lowest BCUT2D eigenvalue weighted by atomic mass is 10.2. The summed E-state index contributed by atoms with van der Waals surface area (Å²) in [6.07, 6.45) is 0. The van der Waals surface area contributed by atoms with Gasteiger partial charge in [0.1, 0.15) is 0 Å². The highest BCUT2D eigenvalue weighted by Crippen LogP contribution is 2.24. The Balaban J connectivity index is 2.81. The second-order valence-electron chi connectivity index (χ2n) is 2.90. The second-order valence-corrected chi connectivity index (χ2v) is 4.04. The molecular weight excluding hydrogens is 214 g/mol. The Morgan fingerprint density at radius 2 is 2.33 bits per heavy atom. The fourth-order valence-electron chi connectivity index (χ4n) is 1.08. The summed E-state index contributed by atoms with van der Waals surface area (Å²) < 4.78 is 4.89. The van der Waals surface area contributed by atoms with Crippen molar-refractivity contribution in [3.05, 3.63) is 23.8 Å². The van der Waals surface area contributed by atoms with Gasteiger partial charge in [-0.2, -0.15) is 0 Å². The molecule has 82 valence electrons. The van der Waals surface area contributed by atoms with Crippen LogP contribution in [0, 0.1) is 0 Å². The third kappa shape index (κ3) is 3.45. The van der Waals surface area contributed by atoms with Crippen LogP contribution in [0.4, 0.5) is 5.69 Å². The van der Waals surface area contributed by atoms with Crippen LogP contribution in [0.2, 0.25) is 0 Å². The fraction of sp³-hybridized carbons (Fsp3) is 0.300. The topological polar surface area (TPSA) is 72.5 Å². The molecule has 0 radical (unpaired) electrons. The normalized spacial score (nSPS) is 10.2. The molecule has 4 nitrogen and oxygen atoms in total. The number of nitrogen functional groups attached to an aromatic ring is 1. The van der Waals surface area contributed by atoms with Crippen LogP contribution in [-0.2, 0) is 4.74 Å². The number of carboxylic acids is 1. The second kappa shape index (κ2) is 5.63. The van der Waals surface area contributed by atoms with Gasteiger partial charge in [0.25, 0.3) is 0 Å². The molecule has 1 rings (SSSR count). The van der Waals surface area contributed by atoms with Crippen molar-refractivity contribution in [2.24, 2.45) is 0 Å². The number of methoxy groups -OCH3 is 1. The summed E-state index contributed by atoms with van der Waals surface area (Å²) in [5.41, 5.74) is 6.23. The Hall–Kier alpha value is -1.20. The van der Waals surface area contributed by atoms with Gasteiger partial charge in [-0.15, -0.1) is 11.8 Å². The predicted molar refractivity (Wildman–Crippen MR) is 60.4 cm³/mol. The van der Waals surface area contributed by atoms with Crippen LogP contribution in [0.25, 0.3) is 0 Å². The van der Waals surface area contributed by atoms with Crippen LogP contribution >= 0.6 is 11.8 Å². The minimum atomic E-state index is -0.956. The molecule has 0 aromatic heterocycles. The van der Waals surface area contributed by atoms with Gasteiger partial charge < -0.3 is 15.6 Å². The van der Waals surface area contributed by atoms with E-state index in [4.69, 9.17) is 15.6 Å². The lowest BCUT2D eigenvalue weighted by Gasteiger charge is -2.06. The number of nitrogens with two attached hydrogens (primary N) is 1. The average Bonchev–Trinajstić information content (AvgIpc) is 2.20. The third-order valence-corrected chi connectivity index (χ3v) is 2.82. The minimum absolute atomic E-state index is 0.246. The quantitative estimate of drug-likeness (QED) is 0.455. The summed E-state index contributed by atoms with van der Waals surface area (Å²) in [5.74, 6) is -0.233. The van der Waals surface area contributed by atoms with Crippen molar-refractivity contribution in [2.75, 3.05) is 25.2 Å². The molecular formula is C10H13NO3S. The van der Waals surface area contributed by atoms with E-state index in [9.17, 15) is 4.79 Å². The number of hydrogen-bond acceptors (Lipinski definition) is 4. The maximum atomic E-state index is 10.9. The van der Waals surface area contributed by atoms with Gasteiger partial charge in [-0.05, 0) is 18.2 Å².